The topological polar surface area (TPSA) is 43.4 Å². The summed E-state index contributed by atoms with van der Waals surface area (Å²) >= 11 is 0. The van der Waals surface area contributed by atoms with Crippen LogP contribution >= 0.6 is 0 Å². The number of carbonyl (C=O) groups excluding carboxylic acids is 1. The Hall–Kier alpha value is 0.0274. The SMILES string of the molecule is CCCCCCCCCCCCCCCCCCCN(CCCCCCCCCCCCCCCCCCC)CCCCCC(=O)[O-].[Li+]. The van der Waals surface area contributed by atoms with Crippen LogP contribution < -0.4 is 24.0 Å². The molecule has 0 bridgehead atoms. The Morgan fingerprint density at radius 2 is 0.521 bits per heavy atom. The van der Waals surface area contributed by atoms with Crippen LogP contribution in [0.5, 0.6) is 0 Å². The first-order chi connectivity index (χ1) is 23.2. The molecule has 0 spiro atoms. The standard InChI is InChI=1S/C44H89NO2.Li/c1-3-5-7-9-11-13-15-17-19-21-23-25-27-29-31-33-37-41-45(43-39-35-36-40-44(46)47)42-38-34-32-30-28-26-24-22-20-18-16-14-12-10-8-6-4-2;/h3-43H2,1-2H3,(H,46,47);/q;+1/p-1. The zero-order valence-corrected chi connectivity index (χ0v) is 33.8. The van der Waals surface area contributed by atoms with E-state index in [-0.39, 0.29) is 25.3 Å². The molecule has 0 saturated heterocycles. The van der Waals surface area contributed by atoms with Crippen LogP contribution in [0.15, 0.2) is 0 Å². The van der Waals surface area contributed by atoms with Gasteiger partial charge in [0.05, 0.1) is 0 Å². The average molecular weight is 670 g/mol. The van der Waals surface area contributed by atoms with E-state index >= 15 is 0 Å². The number of hydrogen-bond acceptors (Lipinski definition) is 3. The van der Waals surface area contributed by atoms with Crippen molar-refractivity contribution in [1.82, 2.24) is 4.90 Å². The van der Waals surface area contributed by atoms with Gasteiger partial charge in [-0.05, 0) is 51.7 Å². The Morgan fingerprint density at radius 3 is 0.729 bits per heavy atom. The Balaban J connectivity index is 0. The van der Waals surface area contributed by atoms with Crippen molar-refractivity contribution in [1.29, 1.82) is 0 Å². The van der Waals surface area contributed by atoms with Crippen LogP contribution in [0, 0.1) is 0 Å². The first-order valence-corrected chi connectivity index (χ1v) is 22.1. The molecule has 0 aliphatic carbocycles. The minimum absolute atomic E-state index is 0. The van der Waals surface area contributed by atoms with Crippen molar-refractivity contribution in [3.8, 4) is 0 Å². The summed E-state index contributed by atoms with van der Waals surface area (Å²) in [6, 6.07) is 0. The van der Waals surface area contributed by atoms with Crippen molar-refractivity contribution in [2.45, 2.75) is 258 Å². The van der Waals surface area contributed by atoms with Crippen molar-refractivity contribution >= 4 is 5.97 Å². The predicted octanol–water partition coefficient (Wildman–Crippen LogP) is 10.9. The second-order valence-electron chi connectivity index (χ2n) is 15.3. The smallest absolute Gasteiger partial charge is 0.550 e. The van der Waals surface area contributed by atoms with E-state index in [0.29, 0.717) is 0 Å². The molecule has 0 aliphatic rings. The van der Waals surface area contributed by atoms with Crippen molar-refractivity contribution in [3.05, 3.63) is 0 Å². The Labute approximate surface area is 315 Å². The van der Waals surface area contributed by atoms with Crippen LogP contribution in [0.25, 0.3) is 0 Å². The van der Waals surface area contributed by atoms with Gasteiger partial charge in [0.25, 0.3) is 0 Å². The fourth-order valence-electron chi connectivity index (χ4n) is 7.24. The maximum atomic E-state index is 10.7. The van der Waals surface area contributed by atoms with E-state index in [9.17, 15) is 9.90 Å². The van der Waals surface area contributed by atoms with Crippen LogP contribution in [0.3, 0.4) is 0 Å². The summed E-state index contributed by atoms with van der Waals surface area (Å²) in [6.45, 7) is 8.21. The van der Waals surface area contributed by atoms with Crippen LogP contribution in [-0.4, -0.2) is 30.5 Å². The molecule has 282 valence electrons. The van der Waals surface area contributed by atoms with Gasteiger partial charge >= 0.3 is 18.9 Å². The summed E-state index contributed by atoms with van der Waals surface area (Å²) in [5, 5.41) is 10.7. The van der Waals surface area contributed by atoms with Gasteiger partial charge < -0.3 is 14.8 Å². The van der Waals surface area contributed by atoms with Gasteiger partial charge in [0.1, 0.15) is 0 Å². The second kappa shape index (κ2) is 45.0. The van der Waals surface area contributed by atoms with Crippen molar-refractivity contribution < 1.29 is 28.8 Å². The van der Waals surface area contributed by atoms with E-state index in [1.54, 1.807) is 0 Å². The molecule has 0 atom stereocenters. The summed E-state index contributed by atoms with van der Waals surface area (Å²) in [4.78, 5) is 13.4. The van der Waals surface area contributed by atoms with Crippen LogP contribution in [0.4, 0.5) is 0 Å². The van der Waals surface area contributed by atoms with Crippen molar-refractivity contribution in [2.75, 3.05) is 19.6 Å². The molecule has 0 N–H and O–H groups in total. The molecule has 0 rings (SSSR count). The van der Waals surface area contributed by atoms with Crippen LogP contribution in [-0.2, 0) is 4.79 Å². The molecule has 48 heavy (non-hydrogen) atoms. The Morgan fingerprint density at radius 1 is 0.333 bits per heavy atom. The normalized spacial score (nSPS) is 11.4. The number of unbranched alkanes of at least 4 members (excludes halogenated alkanes) is 34. The number of rotatable bonds is 42. The minimum Gasteiger partial charge on any atom is -0.550 e. The number of aliphatic carboxylic acids is 1. The van der Waals surface area contributed by atoms with Gasteiger partial charge in [-0.15, -0.1) is 0 Å². The van der Waals surface area contributed by atoms with Gasteiger partial charge in [-0.2, -0.15) is 0 Å². The largest absolute Gasteiger partial charge is 1.00 e. The molecule has 0 amide bonds. The van der Waals surface area contributed by atoms with Gasteiger partial charge in [-0.25, -0.2) is 0 Å². The Bertz CT molecular complexity index is 548. The maximum Gasteiger partial charge on any atom is 1.00 e. The molecular formula is C44H88LiNO2. The fourth-order valence-corrected chi connectivity index (χ4v) is 7.24. The predicted molar refractivity (Wildman–Crippen MR) is 208 cm³/mol. The molecule has 0 aromatic heterocycles. The van der Waals surface area contributed by atoms with E-state index in [1.165, 1.54) is 231 Å². The summed E-state index contributed by atoms with van der Waals surface area (Å²) < 4.78 is 0. The first-order valence-electron chi connectivity index (χ1n) is 22.1. The quantitative estimate of drug-likeness (QED) is 0.0480. The second-order valence-corrected chi connectivity index (χ2v) is 15.3. The summed E-state index contributed by atoms with van der Waals surface area (Å²) in [7, 11) is 0. The number of carbonyl (C=O) groups is 1. The molecule has 4 heteroatoms. The summed E-state index contributed by atoms with van der Waals surface area (Å²) in [5.74, 6) is -0.895. The van der Waals surface area contributed by atoms with Gasteiger partial charge in [0.15, 0.2) is 0 Å². The minimum atomic E-state index is -0.895. The maximum absolute atomic E-state index is 10.7. The molecule has 0 unspecified atom stereocenters. The molecule has 0 aromatic rings. The van der Waals surface area contributed by atoms with E-state index in [4.69, 9.17) is 0 Å². The van der Waals surface area contributed by atoms with Gasteiger partial charge in [-0.1, -0.05) is 226 Å². The molecular weight excluding hydrogens is 581 g/mol. The van der Waals surface area contributed by atoms with E-state index in [0.717, 1.165) is 25.8 Å². The van der Waals surface area contributed by atoms with Crippen molar-refractivity contribution in [2.24, 2.45) is 0 Å². The van der Waals surface area contributed by atoms with Gasteiger partial charge in [-0.3, -0.25) is 0 Å². The fraction of sp³-hybridized carbons (Fsp3) is 0.977. The summed E-state index contributed by atoms with van der Waals surface area (Å²) in [5.41, 5.74) is 0. The molecule has 0 fully saturated rings. The molecule has 0 aliphatic heterocycles. The number of carboxylic acid groups (broad SMARTS) is 1. The number of hydrogen-bond donors (Lipinski definition) is 0. The third-order valence-electron chi connectivity index (χ3n) is 10.5. The van der Waals surface area contributed by atoms with Gasteiger partial charge in [0.2, 0.25) is 0 Å². The van der Waals surface area contributed by atoms with E-state index in [2.05, 4.69) is 18.7 Å². The van der Waals surface area contributed by atoms with Crippen molar-refractivity contribution in [3.63, 3.8) is 0 Å². The zero-order chi connectivity index (χ0) is 34.1. The molecule has 0 radical (unpaired) electrons. The van der Waals surface area contributed by atoms with E-state index in [1.807, 2.05) is 0 Å². The van der Waals surface area contributed by atoms with Crippen LogP contribution in [0.2, 0.25) is 0 Å². The Kier molecular flexibility index (Phi) is 47.1. The average Bonchev–Trinajstić information content (AvgIpc) is 3.06. The first kappa shape index (κ1) is 50.1. The monoisotopic (exact) mass is 670 g/mol. The molecule has 3 nitrogen and oxygen atoms in total. The summed E-state index contributed by atoms with van der Waals surface area (Å²) in [6.07, 6.45) is 51.7. The zero-order valence-electron chi connectivity index (χ0n) is 33.8. The van der Waals surface area contributed by atoms with E-state index < -0.39 is 5.97 Å². The number of nitrogens with zero attached hydrogens (tertiary/aromatic N) is 1. The molecule has 0 aromatic carbocycles. The third kappa shape index (κ3) is 44.0. The molecule has 0 saturated carbocycles. The van der Waals surface area contributed by atoms with Gasteiger partial charge in [0, 0.05) is 5.97 Å². The third-order valence-corrected chi connectivity index (χ3v) is 10.5. The number of carboxylic acids is 1. The molecule has 0 heterocycles. The van der Waals surface area contributed by atoms with Crippen LogP contribution in [0.1, 0.15) is 258 Å².